The second kappa shape index (κ2) is 3.23. The molecule has 1 aliphatic heterocycles. The largest absolute Gasteiger partial charge is 0.380 e. The van der Waals surface area contributed by atoms with Crippen LogP contribution in [0.1, 0.15) is 18.6 Å². The Morgan fingerprint density at radius 2 is 2.21 bits per heavy atom. The number of hydrogen-bond acceptors (Lipinski definition) is 3. The number of rotatable bonds is 0. The standard InChI is InChI=1S/C10H10N2O2/c1-6(13)11-10-9(14)7-4-2-3-5-8(7)12-10/h2-5,9,14H,1H3,(H,11,12,13). The summed E-state index contributed by atoms with van der Waals surface area (Å²) in [5, 5.41) is 12.2. The molecular formula is C10H10N2O2. The van der Waals surface area contributed by atoms with E-state index in [0.29, 0.717) is 11.5 Å². The van der Waals surface area contributed by atoms with E-state index < -0.39 is 6.10 Å². The molecule has 0 fully saturated rings. The van der Waals surface area contributed by atoms with Gasteiger partial charge in [0.1, 0.15) is 11.9 Å². The number of amides is 1. The van der Waals surface area contributed by atoms with Crippen LogP contribution in [0.4, 0.5) is 5.69 Å². The van der Waals surface area contributed by atoms with Crippen LogP contribution in [0.15, 0.2) is 29.3 Å². The zero-order valence-corrected chi connectivity index (χ0v) is 7.69. The predicted octanol–water partition coefficient (Wildman–Crippen LogP) is 0.900. The van der Waals surface area contributed by atoms with Crippen LogP contribution in [-0.2, 0) is 4.79 Å². The first-order chi connectivity index (χ1) is 6.68. The molecule has 4 heteroatoms. The number of aliphatic imine (C=N–C) groups is 1. The summed E-state index contributed by atoms with van der Waals surface area (Å²) in [6.45, 7) is 1.39. The van der Waals surface area contributed by atoms with Crippen molar-refractivity contribution < 1.29 is 9.90 Å². The van der Waals surface area contributed by atoms with E-state index in [0.717, 1.165) is 5.56 Å². The number of hydrogen-bond donors (Lipinski definition) is 2. The van der Waals surface area contributed by atoms with Crippen molar-refractivity contribution in [2.75, 3.05) is 0 Å². The first-order valence-corrected chi connectivity index (χ1v) is 4.31. The van der Waals surface area contributed by atoms with E-state index in [1.807, 2.05) is 12.1 Å². The minimum Gasteiger partial charge on any atom is -0.380 e. The van der Waals surface area contributed by atoms with Crippen LogP contribution >= 0.6 is 0 Å². The minimum atomic E-state index is -0.810. The lowest BCUT2D eigenvalue weighted by atomic mass is 10.1. The van der Waals surface area contributed by atoms with Gasteiger partial charge in [-0.2, -0.15) is 0 Å². The Hall–Kier alpha value is -1.68. The normalized spacial score (nSPS) is 18.7. The number of fused-ring (bicyclic) bond motifs is 1. The summed E-state index contributed by atoms with van der Waals surface area (Å²) in [6.07, 6.45) is -0.810. The number of para-hydroxylation sites is 1. The van der Waals surface area contributed by atoms with E-state index in [9.17, 15) is 9.90 Å². The number of amidine groups is 1. The molecule has 0 saturated heterocycles. The average molecular weight is 190 g/mol. The smallest absolute Gasteiger partial charge is 0.222 e. The van der Waals surface area contributed by atoms with E-state index in [2.05, 4.69) is 10.3 Å². The molecule has 0 aliphatic carbocycles. The Morgan fingerprint density at radius 1 is 1.50 bits per heavy atom. The number of nitrogens with zero attached hydrogens (tertiary/aromatic N) is 1. The summed E-state index contributed by atoms with van der Waals surface area (Å²) in [5.41, 5.74) is 1.44. The number of aliphatic hydroxyl groups is 1. The van der Waals surface area contributed by atoms with Gasteiger partial charge < -0.3 is 10.4 Å². The topological polar surface area (TPSA) is 61.7 Å². The quantitative estimate of drug-likeness (QED) is 0.638. The van der Waals surface area contributed by atoms with Crippen molar-refractivity contribution in [2.45, 2.75) is 13.0 Å². The highest BCUT2D eigenvalue weighted by Gasteiger charge is 2.24. The van der Waals surface area contributed by atoms with Crippen LogP contribution < -0.4 is 5.32 Å². The van der Waals surface area contributed by atoms with Crippen molar-refractivity contribution in [3.63, 3.8) is 0 Å². The second-order valence-electron chi connectivity index (χ2n) is 3.14. The molecule has 1 atom stereocenters. The summed E-state index contributed by atoms with van der Waals surface area (Å²) in [4.78, 5) is 14.9. The molecule has 1 aromatic rings. The Bertz CT molecular complexity index is 412. The van der Waals surface area contributed by atoms with Crippen molar-refractivity contribution >= 4 is 17.4 Å². The summed E-state index contributed by atoms with van der Waals surface area (Å²) >= 11 is 0. The molecule has 14 heavy (non-hydrogen) atoms. The van der Waals surface area contributed by atoms with Gasteiger partial charge >= 0.3 is 0 Å². The van der Waals surface area contributed by atoms with Crippen LogP contribution in [0.3, 0.4) is 0 Å². The molecule has 4 nitrogen and oxygen atoms in total. The van der Waals surface area contributed by atoms with E-state index >= 15 is 0 Å². The third-order valence-electron chi connectivity index (χ3n) is 2.04. The maximum absolute atomic E-state index is 10.8. The van der Waals surface area contributed by atoms with Gasteiger partial charge in [0.25, 0.3) is 0 Å². The maximum atomic E-state index is 10.8. The van der Waals surface area contributed by atoms with Crippen molar-refractivity contribution in [1.82, 2.24) is 5.32 Å². The SMILES string of the molecule is CC(=O)NC1=Nc2ccccc2C1O. The first kappa shape index (κ1) is 8.90. The molecule has 0 spiro atoms. The Kier molecular flexibility index (Phi) is 2.05. The van der Waals surface area contributed by atoms with Crippen molar-refractivity contribution in [3.8, 4) is 0 Å². The number of aliphatic hydroxyl groups excluding tert-OH is 1. The monoisotopic (exact) mass is 190 g/mol. The molecule has 0 bridgehead atoms. The zero-order valence-electron chi connectivity index (χ0n) is 7.69. The summed E-state index contributed by atoms with van der Waals surface area (Å²) in [7, 11) is 0. The average Bonchev–Trinajstić information content (AvgIpc) is 2.44. The fourth-order valence-electron chi connectivity index (χ4n) is 1.44. The number of carbonyl (C=O) groups excluding carboxylic acids is 1. The molecule has 1 aromatic carbocycles. The summed E-state index contributed by atoms with van der Waals surface area (Å²) in [5.74, 6) is 0.0781. The number of nitrogens with one attached hydrogen (secondary N) is 1. The lowest BCUT2D eigenvalue weighted by molar-refractivity contribution is -0.117. The molecule has 2 N–H and O–H groups in total. The second-order valence-corrected chi connectivity index (χ2v) is 3.14. The molecule has 1 aliphatic rings. The van der Waals surface area contributed by atoms with Crippen LogP contribution in [0, 0.1) is 0 Å². The highest BCUT2D eigenvalue weighted by molar-refractivity contribution is 6.04. The number of benzene rings is 1. The van der Waals surface area contributed by atoms with Gasteiger partial charge in [-0.3, -0.25) is 4.79 Å². The highest BCUT2D eigenvalue weighted by Crippen LogP contribution is 2.32. The van der Waals surface area contributed by atoms with E-state index in [1.165, 1.54) is 6.92 Å². The third-order valence-corrected chi connectivity index (χ3v) is 2.04. The first-order valence-electron chi connectivity index (χ1n) is 4.31. The Morgan fingerprint density at radius 3 is 2.86 bits per heavy atom. The molecular weight excluding hydrogens is 180 g/mol. The van der Waals surface area contributed by atoms with E-state index in [-0.39, 0.29) is 5.91 Å². The molecule has 0 radical (unpaired) electrons. The lowest BCUT2D eigenvalue weighted by Crippen LogP contribution is -2.30. The molecule has 0 aromatic heterocycles. The number of carbonyl (C=O) groups is 1. The van der Waals surface area contributed by atoms with Crippen molar-refractivity contribution in [3.05, 3.63) is 29.8 Å². The van der Waals surface area contributed by atoms with E-state index in [4.69, 9.17) is 0 Å². The molecule has 0 saturated carbocycles. The fraction of sp³-hybridized carbons (Fsp3) is 0.200. The Labute approximate surface area is 81.3 Å². The molecule has 1 amide bonds. The van der Waals surface area contributed by atoms with Gasteiger partial charge in [0.2, 0.25) is 5.91 Å². The van der Waals surface area contributed by atoms with Crippen molar-refractivity contribution in [1.29, 1.82) is 0 Å². The van der Waals surface area contributed by atoms with Crippen LogP contribution in [0.2, 0.25) is 0 Å². The summed E-state index contributed by atoms with van der Waals surface area (Å²) in [6, 6.07) is 7.26. The van der Waals surface area contributed by atoms with Gasteiger partial charge in [0.05, 0.1) is 5.69 Å². The molecule has 2 rings (SSSR count). The fourth-order valence-corrected chi connectivity index (χ4v) is 1.44. The van der Waals surface area contributed by atoms with Gasteiger partial charge in [0.15, 0.2) is 0 Å². The minimum absolute atomic E-state index is 0.226. The Balaban J connectivity index is 2.32. The van der Waals surface area contributed by atoms with E-state index in [1.54, 1.807) is 12.1 Å². The molecule has 72 valence electrons. The highest BCUT2D eigenvalue weighted by atomic mass is 16.3. The van der Waals surface area contributed by atoms with Crippen LogP contribution in [0.25, 0.3) is 0 Å². The maximum Gasteiger partial charge on any atom is 0.222 e. The van der Waals surface area contributed by atoms with Crippen LogP contribution in [0.5, 0.6) is 0 Å². The van der Waals surface area contributed by atoms with Gasteiger partial charge in [-0.25, -0.2) is 4.99 Å². The van der Waals surface area contributed by atoms with Crippen molar-refractivity contribution in [2.24, 2.45) is 4.99 Å². The third kappa shape index (κ3) is 1.40. The molecule has 1 heterocycles. The van der Waals surface area contributed by atoms with Gasteiger partial charge in [-0.05, 0) is 6.07 Å². The zero-order chi connectivity index (χ0) is 10.1. The lowest BCUT2D eigenvalue weighted by Gasteiger charge is -2.06. The predicted molar refractivity (Wildman–Crippen MR) is 52.3 cm³/mol. The van der Waals surface area contributed by atoms with Crippen LogP contribution in [-0.4, -0.2) is 16.8 Å². The molecule has 1 unspecified atom stereocenters. The van der Waals surface area contributed by atoms with Gasteiger partial charge in [-0.15, -0.1) is 0 Å². The van der Waals surface area contributed by atoms with Gasteiger partial charge in [-0.1, -0.05) is 18.2 Å². The summed E-state index contributed by atoms with van der Waals surface area (Å²) < 4.78 is 0. The van der Waals surface area contributed by atoms with Gasteiger partial charge in [0, 0.05) is 12.5 Å².